The number of rotatable bonds is 11. The summed E-state index contributed by atoms with van der Waals surface area (Å²) in [5, 5.41) is 9.23. The van der Waals surface area contributed by atoms with Crippen molar-refractivity contribution in [2.45, 2.75) is 33.7 Å². The summed E-state index contributed by atoms with van der Waals surface area (Å²) in [6.45, 7) is 8.11. The van der Waals surface area contributed by atoms with E-state index in [0.717, 1.165) is 29.7 Å². The summed E-state index contributed by atoms with van der Waals surface area (Å²) in [6, 6.07) is 10.4. The van der Waals surface area contributed by atoms with E-state index >= 15 is 0 Å². The second-order valence-corrected chi connectivity index (χ2v) is 7.17. The number of ether oxygens (including phenoxy) is 2. The summed E-state index contributed by atoms with van der Waals surface area (Å²) in [6.07, 6.45) is 0.766. The number of carbonyl (C=O) groups is 1. The molecule has 0 radical (unpaired) electrons. The number of hydrogen-bond acceptors (Lipinski definition) is 4. The third-order valence-corrected chi connectivity index (χ3v) is 4.72. The van der Waals surface area contributed by atoms with E-state index in [1.165, 1.54) is 6.07 Å². The fraction of sp³-hybridized carbons (Fsp3) is 0.417. The summed E-state index contributed by atoms with van der Waals surface area (Å²) in [7, 11) is 1.56. The highest BCUT2D eigenvalue weighted by Gasteiger charge is 2.09. The molecule has 0 aromatic heterocycles. The average Bonchev–Trinajstić information content (AvgIpc) is 2.77. The van der Waals surface area contributed by atoms with Gasteiger partial charge in [-0.15, -0.1) is 24.0 Å². The van der Waals surface area contributed by atoms with Crippen molar-refractivity contribution < 1.29 is 18.7 Å². The normalized spacial score (nSPS) is 10.8. The molecular formula is C24H34FIN4O3. The first-order valence-electron chi connectivity index (χ1n) is 10.8. The number of nitrogens with zero attached hydrogens (tertiary/aromatic N) is 1. The van der Waals surface area contributed by atoms with Crippen molar-refractivity contribution in [1.82, 2.24) is 16.0 Å². The molecule has 3 N–H and O–H groups in total. The number of likely N-dealkylation sites (N-methyl/N-ethyl adjacent to an activating group) is 1. The largest absolute Gasteiger partial charge is 0.493 e. The van der Waals surface area contributed by atoms with Crippen molar-refractivity contribution in [2.75, 3.05) is 33.4 Å². The van der Waals surface area contributed by atoms with Crippen molar-refractivity contribution in [3.8, 4) is 11.5 Å². The minimum absolute atomic E-state index is 0. The molecule has 0 aliphatic rings. The van der Waals surface area contributed by atoms with Crippen LogP contribution >= 0.6 is 24.0 Å². The second-order valence-electron chi connectivity index (χ2n) is 7.17. The highest BCUT2D eigenvalue weighted by Crippen LogP contribution is 2.28. The van der Waals surface area contributed by atoms with E-state index in [-0.39, 0.29) is 42.3 Å². The lowest BCUT2D eigenvalue weighted by Crippen LogP contribution is -2.38. The van der Waals surface area contributed by atoms with Gasteiger partial charge in [0, 0.05) is 19.6 Å². The standard InChI is InChI=1S/C24H33FN4O3.HI/c1-5-26-23(30)16-32-21-10-7-18(14-22(21)31-4)15-29-24(27-6-2)28-12-11-19-8-9-20(25)13-17(19)3;/h7-10,13-14H,5-6,11-12,15-16H2,1-4H3,(H,26,30)(H2,27,28,29);1H. The van der Waals surface area contributed by atoms with Gasteiger partial charge in [0.2, 0.25) is 0 Å². The summed E-state index contributed by atoms with van der Waals surface area (Å²) in [5.74, 6) is 1.35. The van der Waals surface area contributed by atoms with Crippen LogP contribution in [0.2, 0.25) is 0 Å². The van der Waals surface area contributed by atoms with E-state index in [4.69, 9.17) is 9.47 Å². The maximum atomic E-state index is 13.3. The molecule has 0 aliphatic heterocycles. The van der Waals surface area contributed by atoms with Crippen LogP contribution in [0.4, 0.5) is 4.39 Å². The highest BCUT2D eigenvalue weighted by molar-refractivity contribution is 14.0. The lowest BCUT2D eigenvalue weighted by atomic mass is 10.1. The molecule has 0 unspecified atom stereocenters. The molecule has 7 nitrogen and oxygen atoms in total. The van der Waals surface area contributed by atoms with Gasteiger partial charge in [0.1, 0.15) is 5.82 Å². The van der Waals surface area contributed by atoms with E-state index in [1.54, 1.807) is 19.2 Å². The van der Waals surface area contributed by atoms with Crippen molar-refractivity contribution in [1.29, 1.82) is 0 Å². The lowest BCUT2D eigenvalue weighted by molar-refractivity contribution is -0.123. The first-order chi connectivity index (χ1) is 15.5. The Hall–Kier alpha value is -2.56. The third kappa shape index (κ3) is 9.85. The number of amides is 1. The minimum Gasteiger partial charge on any atom is -0.493 e. The topological polar surface area (TPSA) is 84.0 Å². The minimum atomic E-state index is -0.217. The van der Waals surface area contributed by atoms with Crippen LogP contribution in [-0.4, -0.2) is 45.2 Å². The number of hydrogen-bond donors (Lipinski definition) is 3. The quantitative estimate of drug-likeness (QED) is 0.218. The van der Waals surface area contributed by atoms with Crippen LogP contribution in [0.3, 0.4) is 0 Å². The Morgan fingerprint density at radius 1 is 1.03 bits per heavy atom. The van der Waals surface area contributed by atoms with Crippen LogP contribution in [0.25, 0.3) is 0 Å². The summed E-state index contributed by atoms with van der Waals surface area (Å²) >= 11 is 0. The second kappa shape index (κ2) is 15.3. The lowest BCUT2D eigenvalue weighted by Gasteiger charge is -2.13. The van der Waals surface area contributed by atoms with E-state index in [0.29, 0.717) is 37.1 Å². The maximum absolute atomic E-state index is 13.3. The molecule has 2 rings (SSSR count). The molecule has 0 atom stereocenters. The van der Waals surface area contributed by atoms with Crippen LogP contribution in [0.1, 0.15) is 30.5 Å². The van der Waals surface area contributed by atoms with Crippen molar-refractivity contribution in [3.05, 3.63) is 58.9 Å². The Kier molecular flexibility index (Phi) is 13.2. The zero-order valence-electron chi connectivity index (χ0n) is 19.7. The van der Waals surface area contributed by atoms with Gasteiger partial charge in [-0.25, -0.2) is 9.38 Å². The van der Waals surface area contributed by atoms with Crippen molar-refractivity contribution in [3.63, 3.8) is 0 Å². The predicted octanol–water partition coefficient (Wildman–Crippen LogP) is 3.57. The first kappa shape index (κ1) is 28.5. The van der Waals surface area contributed by atoms with Crippen LogP contribution < -0.4 is 25.4 Å². The smallest absolute Gasteiger partial charge is 0.257 e. The van der Waals surface area contributed by atoms with Crippen molar-refractivity contribution >= 4 is 35.8 Å². The van der Waals surface area contributed by atoms with Gasteiger partial charge < -0.3 is 25.4 Å². The molecule has 0 heterocycles. The molecule has 182 valence electrons. The summed E-state index contributed by atoms with van der Waals surface area (Å²) in [4.78, 5) is 16.2. The number of halogens is 2. The number of aryl methyl sites for hydroxylation is 1. The third-order valence-electron chi connectivity index (χ3n) is 4.72. The van der Waals surface area contributed by atoms with Gasteiger partial charge in [-0.1, -0.05) is 12.1 Å². The maximum Gasteiger partial charge on any atom is 0.257 e. The van der Waals surface area contributed by atoms with Gasteiger partial charge in [0.15, 0.2) is 24.1 Å². The Morgan fingerprint density at radius 3 is 2.45 bits per heavy atom. The molecule has 0 spiro atoms. The SMILES string of the molecule is CCNC(=O)COc1ccc(CN=C(NCC)NCCc2ccc(F)cc2C)cc1OC.I. The molecule has 33 heavy (non-hydrogen) atoms. The van der Waals surface area contributed by atoms with E-state index in [9.17, 15) is 9.18 Å². The fourth-order valence-electron chi connectivity index (χ4n) is 3.09. The molecule has 0 aliphatic carbocycles. The van der Waals surface area contributed by atoms with Gasteiger partial charge in [0.05, 0.1) is 13.7 Å². The Balaban J connectivity index is 0.00000544. The number of carbonyl (C=O) groups excluding carboxylic acids is 1. The zero-order chi connectivity index (χ0) is 23.3. The monoisotopic (exact) mass is 572 g/mol. The molecule has 0 bridgehead atoms. The van der Waals surface area contributed by atoms with Crippen LogP contribution in [0, 0.1) is 12.7 Å². The van der Waals surface area contributed by atoms with Crippen LogP contribution in [0.5, 0.6) is 11.5 Å². The molecule has 0 saturated carbocycles. The van der Waals surface area contributed by atoms with Gasteiger partial charge in [-0.05, 0) is 68.1 Å². The molecule has 1 amide bonds. The number of aliphatic imine (C=N–C) groups is 1. The van der Waals surface area contributed by atoms with Gasteiger partial charge in [0.25, 0.3) is 5.91 Å². The van der Waals surface area contributed by atoms with Crippen LogP contribution in [-0.2, 0) is 17.8 Å². The van der Waals surface area contributed by atoms with E-state index in [1.807, 2.05) is 39.0 Å². The summed E-state index contributed by atoms with van der Waals surface area (Å²) in [5.41, 5.74) is 2.98. The number of guanidine groups is 1. The molecular weight excluding hydrogens is 538 g/mol. The van der Waals surface area contributed by atoms with Gasteiger partial charge >= 0.3 is 0 Å². The first-order valence-corrected chi connectivity index (χ1v) is 10.8. The predicted molar refractivity (Wildman–Crippen MR) is 140 cm³/mol. The highest BCUT2D eigenvalue weighted by atomic mass is 127. The molecule has 9 heteroatoms. The fourth-order valence-corrected chi connectivity index (χ4v) is 3.09. The summed E-state index contributed by atoms with van der Waals surface area (Å²) < 4.78 is 24.2. The molecule has 2 aromatic rings. The van der Waals surface area contributed by atoms with E-state index in [2.05, 4.69) is 20.9 Å². The molecule has 0 fully saturated rings. The zero-order valence-corrected chi connectivity index (χ0v) is 22.0. The Morgan fingerprint density at radius 2 is 1.79 bits per heavy atom. The Bertz CT molecular complexity index is 925. The van der Waals surface area contributed by atoms with Gasteiger partial charge in [-0.3, -0.25) is 4.79 Å². The number of methoxy groups -OCH3 is 1. The molecule has 0 saturated heterocycles. The van der Waals surface area contributed by atoms with Crippen LogP contribution in [0.15, 0.2) is 41.4 Å². The van der Waals surface area contributed by atoms with E-state index < -0.39 is 0 Å². The Labute approximate surface area is 212 Å². The van der Waals surface area contributed by atoms with Gasteiger partial charge in [-0.2, -0.15) is 0 Å². The average molecular weight is 572 g/mol. The van der Waals surface area contributed by atoms with Crippen molar-refractivity contribution in [2.24, 2.45) is 4.99 Å². The number of nitrogens with one attached hydrogen (secondary N) is 3. The molecule has 2 aromatic carbocycles. The number of benzene rings is 2.